The van der Waals surface area contributed by atoms with Gasteiger partial charge in [0.1, 0.15) is 0 Å². The molecule has 1 amide bonds. The summed E-state index contributed by atoms with van der Waals surface area (Å²) in [5.74, 6) is 0.196. The van der Waals surface area contributed by atoms with Gasteiger partial charge in [0.15, 0.2) is 5.82 Å². The van der Waals surface area contributed by atoms with E-state index in [1.807, 2.05) is 19.3 Å². The number of carbonyl (C=O) groups excluding carboxylic acids is 1. The Morgan fingerprint density at radius 1 is 1.26 bits per heavy atom. The summed E-state index contributed by atoms with van der Waals surface area (Å²) in [5, 5.41) is 15.8. The monoisotopic (exact) mass is 256 g/mol. The van der Waals surface area contributed by atoms with Crippen LogP contribution in [0.5, 0.6) is 0 Å². The number of amides is 1. The third kappa shape index (κ3) is 2.17. The first-order valence-corrected chi connectivity index (χ1v) is 5.73. The van der Waals surface area contributed by atoms with E-state index >= 15 is 0 Å². The van der Waals surface area contributed by atoms with Gasteiger partial charge in [0.2, 0.25) is 0 Å². The van der Waals surface area contributed by atoms with E-state index in [1.54, 1.807) is 23.9 Å². The Bertz CT molecular complexity index is 757. The molecular formula is C12H12N6O. The normalized spacial score (nSPS) is 10.8. The molecular weight excluding hydrogens is 244 g/mol. The number of hydrogen-bond donors (Lipinski definition) is 1. The van der Waals surface area contributed by atoms with E-state index < -0.39 is 0 Å². The maximum atomic E-state index is 12.1. The lowest BCUT2D eigenvalue weighted by Crippen LogP contribution is -2.12. The fourth-order valence-electron chi connectivity index (χ4n) is 1.87. The molecule has 0 aliphatic carbocycles. The second kappa shape index (κ2) is 4.20. The van der Waals surface area contributed by atoms with Gasteiger partial charge in [0.05, 0.1) is 11.7 Å². The molecule has 3 aromatic rings. The van der Waals surface area contributed by atoms with Crippen molar-refractivity contribution in [2.75, 3.05) is 5.32 Å². The predicted octanol–water partition coefficient (Wildman–Crippen LogP) is 0.954. The van der Waals surface area contributed by atoms with Crippen molar-refractivity contribution in [3.8, 4) is 0 Å². The molecule has 1 N–H and O–H groups in total. The van der Waals surface area contributed by atoms with Gasteiger partial charge in [0, 0.05) is 31.2 Å². The summed E-state index contributed by atoms with van der Waals surface area (Å²) in [5.41, 5.74) is 1.33. The van der Waals surface area contributed by atoms with Gasteiger partial charge in [0.25, 0.3) is 5.91 Å². The molecule has 7 heteroatoms. The molecule has 7 nitrogen and oxygen atoms in total. The Balaban J connectivity index is 1.88. The van der Waals surface area contributed by atoms with Crippen LogP contribution in [0.3, 0.4) is 0 Å². The number of anilines is 1. The van der Waals surface area contributed by atoms with Crippen LogP contribution in [0.2, 0.25) is 0 Å². The zero-order chi connectivity index (χ0) is 13.4. The predicted molar refractivity (Wildman–Crippen MR) is 69.7 cm³/mol. The molecule has 0 saturated heterocycles. The van der Waals surface area contributed by atoms with Gasteiger partial charge in [-0.15, -0.1) is 5.10 Å². The number of aryl methyl sites for hydroxylation is 2. The van der Waals surface area contributed by atoms with Crippen LogP contribution in [0.25, 0.3) is 10.9 Å². The molecule has 0 fully saturated rings. The number of nitrogens with zero attached hydrogens (tertiary/aromatic N) is 5. The lowest BCUT2D eigenvalue weighted by molar-refractivity contribution is 0.102. The van der Waals surface area contributed by atoms with Crippen LogP contribution in [0.1, 0.15) is 10.4 Å². The van der Waals surface area contributed by atoms with Crippen molar-refractivity contribution in [1.29, 1.82) is 0 Å². The Hall–Kier alpha value is -2.70. The largest absolute Gasteiger partial charge is 0.304 e. The maximum Gasteiger partial charge on any atom is 0.256 e. The molecule has 0 aliphatic rings. The van der Waals surface area contributed by atoms with E-state index in [0.29, 0.717) is 11.4 Å². The first-order chi connectivity index (χ1) is 9.11. The highest BCUT2D eigenvalue weighted by atomic mass is 16.1. The minimum absolute atomic E-state index is 0.229. The van der Waals surface area contributed by atoms with E-state index in [-0.39, 0.29) is 5.91 Å². The minimum atomic E-state index is -0.229. The fourth-order valence-corrected chi connectivity index (χ4v) is 1.87. The number of fused-ring (bicyclic) bond motifs is 1. The lowest BCUT2D eigenvalue weighted by atomic mass is 10.1. The highest BCUT2D eigenvalue weighted by Crippen LogP contribution is 2.14. The van der Waals surface area contributed by atoms with Crippen LogP contribution >= 0.6 is 0 Å². The maximum absolute atomic E-state index is 12.1. The summed E-state index contributed by atoms with van der Waals surface area (Å²) >= 11 is 0. The molecule has 96 valence electrons. The fraction of sp³-hybridized carbons (Fsp3) is 0.167. The highest BCUT2D eigenvalue weighted by molar-refractivity contribution is 6.05. The number of carbonyl (C=O) groups is 1. The molecule has 0 aliphatic heterocycles. The first-order valence-electron chi connectivity index (χ1n) is 5.73. The van der Waals surface area contributed by atoms with Crippen LogP contribution in [-0.2, 0) is 14.1 Å². The smallest absolute Gasteiger partial charge is 0.256 e. The molecule has 0 saturated carbocycles. The summed E-state index contributed by atoms with van der Waals surface area (Å²) in [4.78, 5) is 13.4. The van der Waals surface area contributed by atoms with Gasteiger partial charge >= 0.3 is 0 Å². The number of aromatic nitrogens is 5. The van der Waals surface area contributed by atoms with Crippen LogP contribution in [-0.4, -0.2) is 30.7 Å². The Morgan fingerprint density at radius 3 is 2.84 bits per heavy atom. The van der Waals surface area contributed by atoms with E-state index in [0.717, 1.165) is 10.9 Å². The molecule has 3 rings (SSSR count). The summed E-state index contributed by atoms with van der Waals surface area (Å²) < 4.78 is 1.72. The van der Waals surface area contributed by atoms with Crippen molar-refractivity contribution in [2.24, 2.45) is 14.1 Å². The van der Waals surface area contributed by atoms with Crippen molar-refractivity contribution in [3.05, 3.63) is 36.2 Å². The standard InChI is InChI=1S/C12H12N6O/c1-17-7-9-4-3-8(5-10(9)15-17)12(19)14-11-6-13-18(2)16-11/h3-7H,1-2H3,(H,14,16,19). The zero-order valence-electron chi connectivity index (χ0n) is 10.5. The quantitative estimate of drug-likeness (QED) is 0.740. The van der Waals surface area contributed by atoms with E-state index in [2.05, 4.69) is 20.6 Å². The average Bonchev–Trinajstić information content (AvgIpc) is 2.93. The molecule has 19 heavy (non-hydrogen) atoms. The van der Waals surface area contributed by atoms with Crippen molar-refractivity contribution in [1.82, 2.24) is 24.8 Å². The van der Waals surface area contributed by atoms with Crippen LogP contribution in [0.15, 0.2) is 30.6 Å². The summed E-state index contributed by atoms with van der Waals surface area (Å²) in [6.07, 6.45) is 3.40. The summed E-state index contributed by atoms with van der Waals surface area (Å²) in [6.45, 7) is 0. The van der Waals surface area contributed by atoms with Crippen molar-refractivity contribution >= 4 is 22.6 Å². The SMILES string of the molecule is Cn1cc2ccc(C(=O)Nc3cnn(C)n3)cc2n1. The van der Waals surface area contributed by atoms with Gasteiger partial charge in [-0.05, 0) is 12.1 Å². The van der Waals surface area contributed by atoms with Crippen molar-refractivity contribution < 1.29 is 4.79 Å². The Kier molecular flexibility index (Phi) is 2.52. The Morgan fingerprint density at radius 2 is 2.11 bits per heavy atom. The van der Waals surface area contributed by atoms with Gasteiger partial charge in [-0.1, -0.05) is 6.07 Å². The minimum Gasteiger partial charge on any atom is -0.304 e. The molecule has 1 aromatic carbocycles. The van der Waals surface area contributed by atoms with Gasteiger partial charge in [-0.3, -0.25) is 9.48 Å². The van der Waals surface area contributed by atoms with Crippen LogP contribution in [0.4, 0.5) is 5.82 Å². The molecule has 0 spiro atoms. The second-order valence-electron chi connectivity index (χ2n) is 4.25. The number of benzene rings is 1. The number of rotatable bonds is 2. The van der Waals surface area contributed by atoms with E-state index in [4.69, 9.17) is 0 Å². The third-order valence-electron chi connectivity index (χ3n) is 2.73. The van der Waals surface area contributed by atoms with Gasteiger partial charge in [-0.2, -0.15) is 15.0 Å². The molecule has 2 heterocycles. The zero-order valence-corrected chi connectivity index (χ0v) is 10.5. The average molecular weight is 256 g/mol. The Labute approximate surface area is 108 Å². The van der Waals surface area contributed by atoms with Gasteiger partial charge < -0.3 is 5.32 Å². The summed E-state index contributed by atoms with van der Waals surface area (Å²) in [7, 11) is 3.54. The molecule has 0 radical (unpaired) electrons. The number of hydrogen-bond acceptors (Lipinski definition) is 4. The third-order valence-corrected chi connectivity index (χ3v) is 2.73. The topological polar surface area (TPSA) is 77.6 Å². The van der Waals surface area contributed by atoms with Crippen LogP contribution in [0, 0.1) is 0 Å². The van der Waals surface area contributed by atoms with Crippen LogP contribution < -0.4 is 5.32 Å². The molecule has 0 atom stereocenters. The molecule has 0 unspecified atom stereocenters. The lowest BCUT2D eigenvalue weighted by Gasteiger charge is -2.01. The van der Waals surface area contributed by atoms with Gasteiger partial charge in [-0.25, -0.2) is 0 Å². The second-order valence-corrected chi connectivity index (χ2v) is 4.25. The van der Waals surface area contributed by atoms with E-state index in [9.17, 15) is 4.79 Å². The summed E-state index contributed by atoms with van der Waals surface area (Å²) in [6, 6.07) is 5.38. The van der Waals surface area contributed by atoms with Crippen molar-refractivity contribution in [2.45, 2.75) is 0 Å². The first kappa shape index (κ1) is 11.4. The van der Waals surface area contributed by atoms with E-state index in [1.165, 1.54) is 11.0 Å². The molecule has 2 aromatic heterocycles. The molecule has 0 bridgehead atoms. The number of nitrogens with one attached hydrogen (secondary N) is 1. The highest BCUT2D eigenvalue weighted by Gasteiger charge is 2.10. The van der Waals surface area contributed by atoms with Crippen molar-refractivity contribution in [3.63, 3.8) is 0 Å².